The van der Waals surface area contributed by atoms with E-state index >= 15 is 0 Å². The van der Waals surface area contributed by atoms with Gasteiger partial charge in [-0.3, -0.25) is 4.79 Å². The molecule has 1 amide bonds. The number of benzene rings is 2. The highest BCUT2D eigenvalue weighted by molar-refractivity contribution is 5.83. The molecule has 2 aromatic heterocycles. The summed E-state index contributed by atoms with van der Waals surface area (Å²) in [6.07, 6.45) is 1.51. The number of hydrogen-bond donors (Lipinski definition) is 1. The van der Waals surface area contributed by atoms with Crippen LogP contribution in [0.25, 0.3) is 16.9 Å². The maximum Gasteiger partial charge on any atom is 0.224 e. The molecule has 4 aromatic rings. The number of tetrazole rings is 1. The molecule has 1 aliphatic rings. The number of ether oxygens (including phenoxy) is 1. The van der Waals surface area contributed by atoms with E-state index in [0.29, 0.717) is 16.8 Å². The lowest BCUT2D eigenvalue weighted by Crippen LogP contribution is -2.38. The maximum absolute atomic E-state index is 14.6. The number of hydrogen-bond acceptors (Lipinski definition) is 6. The molecule has 1 atom stereocenters. The van der Waals surface area contributed by atoms with Crippen LogP contribution in [0.5, 0.6) is 11.6 Å². The molecule has 0 aliphatic carbocycles. The molecular weight excluding hydrogens is 411 g/mol. The number of rotatable bonds is 4. The van der Waals surface area contributed by atoms with Crippen molar-refractivity contribution in [3.05, 3.63) is 77.9 Å². The maximum atomic E-state index is 14.6. The average molecular weight is 430 g/mol. The predicted molar refractivity (Wildman–Crippen MR) is 114 cm³/mol. The molecular formula is C23H19FN6O2. The van der Waals surface area contributed by atoms with Crippen LogP contribution in [0.4, 0.5) is 4.39 Å². The Morgan fingerprint density at radius 3 is 2.56 bits per heavy atom. The van der Waals surface area contributed by atoms with Crippen molar-refractivity contribution < 1.29 is 13.9 Å². The number of aromatic nitrogens is 5. The molecule has 8 nitrogen and oxygen atoms in total. The number of amides is 1. The highest BCUT2D eigenvalue weighted by Gasteiger charge is 2.43. The summed E-state index contributed by atoms with van der Waals surface area (Å²) in [5, 5.41) is 11.1. The fourth-order valence-electron chi connectivity index (χ4n) is 4.02. The van der Waals surface area contributed by atoms with Crippen molar-refractivity contribution in [1.29, 1.82) is 0 Å². The van der Waals surface area contributed by atoms with Gasteiger partial charge in [0.15, 0.2) is 11.6 Å². The second-order valence-electron chi connectivity index (χ2n) is 8.17. The van der Waals surface area contributed by atoms with Crippen molar-refractivity contribution in [1.82, 2.24) is 25.2 Å². The first-order chi connectivity index (χ1) is 15.4. The summed E-state index contributed by atoms with van der Waals surface area (Å²) >= 11 is 0. The topological polar surface area (TPSA) is 109 Å². The Labute approximate surface area is 182 Å². The van der Waals surface area contributed by atoms with Gasteiger partial charge in [-0.1, -0.05) is 44.2 Å². The van der Waals surface area contributed by atoms with Gasteiger partial charge in [-0.25, -0.2) is 14.1 Å². The first kappa shape index (κ1) is 19.8. The number of carbonyl (C=O) groups excluding carboxylic acids is 1. The summed E-state index contributed by atoms with van der Waals surface area (Å²) in [6, 6.07) is 15.9. The van der Waals surface area contributed by atoms with Gasteiger partial charge in [0, 0.05) is 22.6 Å². The van der Waals surface area contributed by atoms with Gasteiger partial charge in [-0.15, -0.1) is 5.10 Å². The van der Waals surface area contributed by atoms with Gasteiger partial charge in [-0.05, 0) is 34.7 Å². The minimum absolute atomic E-state index is 0.0676. The fourth-order valence-corrected chi connectivity index (χ4v) is 4.02. The van der Waals surface area contributed by atoms with Gasteiger partial charge in [-0.2, -0.15) is 0 Å². The van der Waals surface area contributed by atoms with E-state index in [0.717, 1.165) is 11.3 Å². The molecule has 9 heteroatoms. The molecule has 160 valence electrons. The molecule has 2 aromatic carbocycles. The van der Waals surface area contributed by atoms with Crippen molar-refractivity contribution in [3.63, 3.8) is 0 Å². The summed E-state index contributed by atoms with van der Waals surface area (Å²) in [4.78, 5) is 16.9. The third kappa shape index (κ3) is 3.09. The van der Waals surface area contributed by atoms with E-state index in [4.69, 9.17) is 10.5 Å². The van der Waals surface area contributed by atoms with E-state index in [1.807, 2.05) is 36.4 Å². The van der Waals surface area contributed by atoms with Gasteiger partial charge in [0.2, 0.25) is 11.8 Å². The highest BCUT2D eigenvalue weighted by Crippen LogP contribution is 2.52. The Bertz CT molecular complexity index is 1320. The van der Waals surface area contributed by atoms with Crippen LogP contribution in [-0.2, 0) is 4.79 Å². The molecule has 0 saturated heterocycles. The smallest absolute Gasteiger partial charge is 0.224 e. The van der Waals surface area contributed by atoms with Crippen LogP contribution < -0.4 is 10.5 Å². The number of carbonyl (C=O) groups is 1. The Morgan fingerprint density at radius 2 is 1.88 bits per heavy atom. The van der Waals surface area contributed by atoms with E-state index < -0.39 is 23.1 Å². The monoisotopic (exact) mass is 430 g/mol. The van der Waals surface area contributed by atoms with Crippen LogP contribution in [0.1, 0.15) is 30.9 Å². The highest BCUT2D eigenvalue weighted by atomic mass is 19.1. The summed E-state index contributed by atoms with van der Waals surface area (Å²) in [6.45, 7) is 3.49. The molecule has 5 rings (SSSR count). The van der Waals surface area contributed by atoms with E-state index in [-0.39, 0.29) is 11.6 Å². The second-order valence-corrected chi connectivity index (χ2v) is 8.17. The summed E-state index contributed by atoms with van der Waals surface area (Å²) < 4.78 is 22.1. The second kappa shape index (κ2) is 7.23. The molecule has 32 heavy (non-hydrogen) atoms. The van der Waals surface area contributed by atoms with Crippen molar-refractivity contribution >= 4 is 5.91 Å². The first-order valence-electron chi connectivity index (χ1n) is 9.97. The number of primary amides is 1. The van der Waals surface area contributed by atoms with Crippen LogP contribution in [0, 0.1) is 11.2 Å². The van der Waals surface area contributed by atoms with Gasteiger partial charge in [0.25, 0.3) is 0 Å². The van der Waals surface area contributed by atoms with Crippen molar-refractivity contribution in [2.45, 2.75) is 19.8 Å². The van der Waals surface area contributed by atoms with Crippen molar-refractivity contribution in [2.24, 2.45) is 11.1 Å². The first-order valence-corrected chi connectivity index (χ1v) is 9.97. The third-order valence-corrected chi connectivity index (χ3v) is 5.84. The Hall–Kier alpha value is -4.14. The minimum Gasteiger partial charge on any atom is -0.435 e. The molecule has 3 heterocycles. The standard InChI is InChI=1S/C23H19FN6O2/c1-23(2,22(25)31)19-15-4-3-5-17(24)20(15)32-21-16(19)10-11-18(27-21)13-6-8-14(9-7-13)30-12-26-28-29-30/h3-12,19H,1-2H3,(H2,25,31)/t19-/m0/s1. The summed E-state index contributed by atoms with van der Waals surface area (Å²) in [5.74, 6) is -1.19. The fraction of sp³-hybridized carbons (Fsp3) is 0.174. The zero-order valence-electron chi connectivity index (χ0n) is 17.4. The molecule has 0 saturated carbocycles. The van der Waals surface area contributed by atoms with E-state index in [9.17, 15) is 9.18 Å². The number of halogens is 1. The Morgan fingerprint density at radius 1 is 1.09 bits per heavy atom. The lowest BCUT2D eigenvalue weighted by Gasteiger charge is -2.36. The van der Waals surface area contributed by atoms with Crippen LogP contribution >= 0.6 is 0 Å². The largest absolute Gasteiger partial charge is 0.435 e. The SMILES string of the molecule is CC(C)(C(N)=O)[C@@H]1c2ccc(-c3ccc(-n4cnnn4)cc3)nc2Oc2c(F)cccc21. The molecule has 1 aliphatic heterocycles. The minimum atomic E-state index is -0.988. The molecule has 0 bridgehead atoms. The van der Waals surface area contributed by atoms with Crippen LogP contribution in [0.2, 0.25) is 0 Å². The number of fused-ring (bicyclic) bond motifs is 2. The van der Waals surface area contributed by atoms with Gasteiger partial charge in [0.1, 0.15) is 6.33 Å². The zero-order valence-corrected chi connectivity index (χ0v) is 17.4. The molecule has 0 unspecified atom stereocenters. The number of para-hydroxylation sites is 1. The van der Waals surface area contributed by atoms with Gasteiger partial charge < -0.3 is 10.5 Å². The lowest BCUT2D eigenvalue weighted by molar-refractivity contribution is -0.126. The van der Waals surface area contributed by atoms with E-state index in [1.54, 1.807) is 30.7 Å². The van der Waals surface area contributed by atoms with E-state index in [2.05, 4.69) is 20.5 Å². The van der Waals surface area contributed by atoms with Gasteiger partial charge >= 0.3 is 0 Å². The Kier molecular flexibility index (Phi) is 4.47. The quantitative estimate of drug-likeness (QED) is 0.530. The van der Waals surface area contributed by atoms with Crippen LogP contribution in [0.3, 0.4) is 0 Å². The normalized spacial score (nSPS) is 14.9. The predicted octanol–water partition coefficient (Wildman–Crippen LogP) is 3.61. The van der Waals surface area contributed by atoms with E-state index in [1.165, 1.54) is 12.4 Å². The van der Waals surface area contributed by atoms with Crippen LogP contribution in [-0.4, -0.2) is 31.1 Å². The number of nitrogens with zero attached hydrogens (tertiary/aromatic N) is 5. The zero-order chi connectivity index (χ0) is 22.5. The molecule has 0 spiro atoms. The molecule has 0 fully saturated rings. The molecule has 0 radical (unpaired) electrons. The Balaban J connectivity index is 1.59. The summed E-state index contributed by atoms with van der Waals surface area (Å²) in [7, 11) is 0. The lowest BCUT2D eigenvalue weighted by atomic mass is 9.70. The van der Waals surface area contributed by atoms with Crippen molar-refractivity contribution in [2.75, 3.05) is 0 Å². The number of pyridine rings is 1. The van der Waals surface area contributed by atoms with Crippen molar-refractivity contribution in [3.8, 4) is 28.6 Å². The van der Waals surface area contributed by atoms with Gasteiger partial charge in [0.05, 0.1) is 16.8 Å². The third-order valence-electron chi connectivity index (χ3n) is 5.84. The average Bonchev–Trinajstić information content (AvgIpc) is 3.32. The molecule has 2 N–H and O–H groups in total. The summed E-state index contributed by atoms with van der Waals surface area (Å²) in [5.41, 5.74) is 8.25. The van der Waals surface area contributed by atoms with Crippen LogP contribution in [0.15, 0.2) is 60.9 Å². The number of nitrogens with two attached hydrogens (primary N) is 1.